The van der Waals surface area contributed by atoms with Gasteiger partial charge in [-0.3, -0.25) is 14.9 Å². The number of nitrogens with zero attached hydrogens (tertiary/aromatic N) is 5. The van der Waals surface area contributed by atoms with Crippen LogP contribution >= 0.6 is 23.2 Å². The third kappa shape index (κ3) is 12.6. The first-order chi connectivity index (χ1) is 24.4. The molecule has 7 nitrogen and oxygen atoms in total. The quantitative estimate of drug-likeness (QED) is 0.0590. The van der Waals surface area contributed by atoms with Gasteiger partial charge in [0.15, 0.2) is 0 Å². The lowest BCUT2D eigenvalue weighted by molar-refractivity contribution is 0.179. The maximum Gasteiger partial charge on any atom is 0.0901 e. The lowest BCUT2D eigenvalue weighted by Crippen LogP contribution is -2.39. The lowest BCUT2D eigenvalue weighted by atomic mass is 9.98. The fourth-order valence-electron chi connectivity index (χ4n) is 6.98. The number of hydrogen-bond acceptors (Lipinski definition) is 5. The van der Waals surface area contributed by atoms with Crippen molar-refractivity contribution in [2.24, 2.45) is 9.98 Å². The van der Waals surface area contributed by atoms with E-state index in [1.807, 2.05) is 36.4 Å². The number of fused-ring (bicyclic) bond motifs is 2. The first-order valence-electron chi connectivity index (χ1n) is 19.2. The molecule has 4 rings (SSSR count). The first kappa shape index (κ1) is 39.8. The summed E-state index contributed by atoms with van der Waals surface area (Å²) in [5.41, 5.74) is 1.29. The Morgan fingerprint density at radius 3 is 1.40 bits per heavy atom. The predicted molar refractivity (Wildman–Crippen MR) is 210 cm³/mol. The van der Waals surface area contributed by atoms with Crippen molar-refractivity contribution in [2.75, 3.05) is 26.2 Å². The van der Waals surface area contributed by atoms with Crippen LogP contribution in [0.1, 0.15) is 117 Å². The third-order valence-corrected chi connectivity index (χ3v) is 10.3. The normalized spacial score (nSPS) is 12.8. The van der Waals surface area contributed by atoms with Gasteiger partial charge in [-0.25, -0.2) is 0 Å². The van der Waals surface area contributed by atoms with E-state index in [0.29, 0.717) is 40.2 Å². The molecule has 0 aliphatic heterocycles. The number of aromatic nitrogens is 2. The van der Waals surface area contributed by atoms with E-state index in [1.165, 1.54) is 103 Å². The SMILES string of the molecule is CCCCCCCCCC(CCCCCCCCC)N(CCN=c1ccn(O)c2cc(Cl)ccc12)CCN=c1ccn(O)c2cc(Cl)ccc12. The molecular weight excluding hydrogens is 665 g/mol. The fourth-order valence-corrected chi connectivity index (χ4v) is 7.31. The molecule has 0 saturated heterocycles. The van der Waals surface area contributed by atoms with E-state index in [4.69, 9.17) is 33.2 Å². The molecule has 2 aromatic heterocycles. The van der Waals surface area contributed by atoms with Gasteiger partial charge in [0, 0.05) is 52.3 Å². The molecule has 2 N–H and O–H groups in total. The summed E-state index contributed by atoms with van der Waals surface area (Å²) in [4.78, 5) is 12.7. The number of benzene rings is 2. The number of rotatable bonds is 23. The molecular formula is C41H59Cl2N5O2. The van der Waals surface area contributed by atoms with Crippen molar-refractivity contribution in [2.45, 2.75) is 123 Å². The van der Waals surface area contributed by atoms with Gasteiger partial charge in [0.05, 0.1) is 34.8 Å². The van der Waals surface area contributed by atoms with Crippen molar-refractivity contribution in [1.29, 1.82) is 0 Å². The maximum atomic E-state index is 10.4. The van der Waals surface area contributed by atoms with Crippen LogP contribution in [-0.2, 0) is 0 Å². The standard InChI is InChI=1S/C41H59Cl2N5O2/c1-3-5-7-9-11-13-15-17-35(18-16-14-12-10-8-6-4-2)46(29-25-44-38-23-27-47(49)40-31-33(42)19-21-36(38)40)30-26-45-39-24-28-48(50)41-32-34(43)20-22-37(39)41/h19-24,27-28,31-32,35,49-50H,3-18,25-26,29-30H2,1-2H3. The average molecular weight is 725 g/mol. The minimum Gasteiger partial charge on any atom is -0.428 e. The van der Waals surface area contributed by atoms with Crippen LogP contribution in [0.15, 0.2) is 70.9 Å². The molecule has 50 heavy (non-hydrogen) atoms. The fraction of sp³-hybridized carbons (Fsp3) is 0.561. The van der Waals surface area contributed by atoms with Gasteiger partial charge in [-0.2, -0.15) is 9.46 Å². The zero-order valence-corrected chi connectivity index (χ0v) is 31.9. The van der Waals surface area contributed by atoms with Crippen LogP contribution in [-0.4, -0.2) is 57.0 Å². The zero-order valence-electron chi connectivity index (χ0n) is 30.4. The Morgan fingerprint density at radius 1 is 0.580 bits per heavy atom. The molecule has 0 spiro atoms. The van der Waals surface area contributed by atoms with Gasteiger partial charge in [0.1, 0.15) is 0 Å². The molecule has 0 unspecified atom stereocenters. The number of hydrogen-bond donors (Lipinski definition) is 2. The summed E-state index contributed by atoms with van der Waals surface area (Å²) in [6.45, 7) is 7.51. The molecule has 0 amide bonds. The van der Waals surface area contributed by atoms with Crippen molar-refractivity contribution in [3.05, 3.63) is 81.7 Å². The topological polar surface area (TPSA) is 78.3 Å². The molecule has 2 heterocycles. The lowest BCUT2D eigenvalue weighted by Gasteiger charge is -2.31. The summed E-state index contributed by atoms with van der Waals surface area (Å²) in [7, 11) is 0. The van der Waals surface area contributed by atoms with Gasteiger partial charge < -0.3 is 10.4 Å². The molecule has 0 aliphatic rings. The summed E-state index contributed by atoms with van der Waals surface area (Å²) < 4.78 is 2.21. The minimum atomic E-state index is 0.475. The molecule has 0 atom stereocenters. The van der Waals surface area contributed by atoms with E-state index in [0.717, 1.165) is 44.0 Å². The summed E-state index contributed by atoms with van der Waals surface area (Å²) in [5, 5.41) is 25.4. The molecule has 274 valence electrons. The van der Waals surface area contributed by atoms with Gasteiger partial charge in [0.25, 0.3) is 0 Å². The Bertz CT molecular complexity index is 1610. The number of pyridine rings is 2. The van der Waals surface area contributed by atoms with E-state index < -0.39 is 0 Å². The smallest absolute Gasteiger partial charge is 0.0901 e. The summed E-state index contributed by atoms with van der Waals surface area (Å²) in [6, 6.07) is 15.3. The summed E-state index contributed by atoms with van der Waals surface area (Å²) in [5.74, 6) is 0. The van der Waals surface area contributed by atoms with Crippen molar-refractivity contribution >= 4 is 45.0 Å². The maximum absolute atomic E-state index is 10.4. The van der Waals surface area contributed by atoms with Crippen LogP contribution < -0.4 is 10.7 Å². The molecule has 2 aromatic carbocycles. The van der Waals surface area contributed by atoms with Gasteiger partial charge >= 0.3 is 0 Å². The zero-order chi connectivity index (χ0) is 35.6. The van der Waals surface area contributed by atoms with Crippen molar-refractivity contribution < 1.29 is 10.4 Å². The van der Waals surface area contributed by atoms with Gasteiger partial charge in [0.2, 0.25) is 0 Å². The second-order valence-electron chi connectivity index (χ2n) is 13.7. The molecule has 9 heteroatoms. The minimum absolute atomic E-state index is 0.475. The molecule has 0 aliphatic carbocycles. The van der Waals surface area contributed by atoms with Crippen molar-refractivity contribution in [1.82, 2.24) is 14.4 Å². The van der Waals surface area contributed by atoms with Gasteiger partial charge in [-0.15, -0.1) is 0 Å². The van der Waals surface area contributed by atoms with Crippen molar-refractivity contribution in [3.63, 3.8) is 0 Å². The van der Waals surface area contributed by atoms with Crippen LogP contribution in [0.2, 0.25) is 10.0 Å². The van der Waals surface area contributed by atoms with E-state index >= 15 is 0 Å². The Hall–Kier alpha value is -3.00. The number of halogens is 2. The highest BCUT2D eigenvalue weighted by Crippen LogP contribution is 2.21. The third-order valence-electron chi connectivity index (χ3n) is 9.85. The van der Waals surface area contributed by atoms with Crippen LogP contribution in [0.4, 0.5) is 0 Å². The second kappa shape index (κ2) is 22.0. The van der Waals surface area contributed by atoms with Crippen LogP contribution in [0.25, 0.3) is 21.8 Å². The highest BCUT2D eigenvalue weighted by Gasteiger charge is 2.18. The van der Waals surface area contributed by atoms with Crippen LogP contribution in [0.5, 0.6) is 0 Å². The number of unbranched alkanes of at least 4 members (excludes halogenated alkanes) is 12. The molecule has 4 aromatic rings. The Kier molecular flexibility index (Phi) is 17.5. The highest BCUT2D eigenvalue weighted by molar-refractivity contribution is 6.31. The molecule has 0 fully saturated rings. The van der Waals surface area contributed by atoms with E-state index in [-0.39, 0.29) is 0 Å². The Morgan fingerprint density at radius 2 is 0.980 bits per heavy atom. The van der Waals surface area contributed by atoms with E-state index in [9.17, 15) is 10.4 Å². The predicted octanol–water partition coefficient (Wildman–Crippen LogP) is 10.8. The average Bonchev–Trinajstić information content (AvgIpc) is 3.11. The highest BCUT2D eigenvalue weighted by atomic mass is 35.5. The van der Waals surface area contributed by atoms with E-state index in [1.54, 1.807) is 24.5 Å². The largest absolute Gasteiger partial charge is 0.428 e. The van der Waals surface area contributed by atoms with Gasteiger partial charge in [-0.1, -0.05) is 127 Å². The van der Waals surface area contributed by atoms with E-state index in [2.05, 4.69) is 18.7 Å². The van der Waals surface area contributed by atoms with Gasteiger partial charge in [-0.05, 0) is 61.4 Å². The van der Waals surface area contributed by atoms with Crippen molar-refractivity contribution in [3.8, 4) is 0 Å². The Balaban J connectivity index is 1.54. The molecule has 0 bridgehead atoms. The Labute approximate surface area is 309 Å². The first-order valence-corrected chi connectivity index (χ1v) is 19.9. The van der Waals surface area contributed by atoms with Crippen LogP contribution in [0.3, 0.4) is 0 Å². The van der Waals surface area contributed by atoms with Crippen LogP contribution in [0, 0.1) is 0 Å². The monoisotopic (exact) mass is 723 g/mol. The molecule has 0 radical (unpaired) electrons. The second-order valence-corrected chi connectivity index (χ2v) is 14.6. The summed E-state index contributed by atoms with van der Waals surface area (Å²) >= 11 is 12.5. The summed E-state index contributed by atoms with van der Waals surface area (Å²) in [6.07, 6.45) is 24.0. The molecule has 0 saturated carbocycles.